The monoisotopic (exact) mass is 422 g/mol. The summed E-state index contributed by atoms with van der Waals surface area (Å²) in [5.41, 5.74) is 1.15. The molecule has 0 unspecified atom stereocenters. The Labute approximate surface area is 180 Å². The van der Waals surface area contributed by atoms with Gasteiger partial charge in [0.15, 0.2) is 0 Å². The van der Waals surface area contributed by atoms with Crippen LogP contribution in [0.5, 0.6) is 0 Å². The molecule has 0 bridgehead atoms. The highest BCUT2D eigenvalue weighted by Gasteiger charge is 2.46. The minimum atomic E-state index is -4.05. The molecule has 0 fully saturated rings. The molecule has 3 rings (SSSR count). The normalized spacial score (nSPS) is 20.5. The van der Waals surface area contributed by atoms with Gasteiger partial charge >= 0.3 is 0 Å². The number of rotatable bonds is 5. The summed E-state index contributed by atoms with van der Waals surface area (Å²) in [4.78, 5) is 27.4. The van der Waals surface area contributed by atoms with Crippen LogP contribution in [0.15, 0.2) is 76.9 Å². The molecule has 0 saturated carbocycles. The van der Waals surface area contributed by atoms with Crippen LogP contribution >= 0.6 is 7.14 Å². The van der Waals surface area contributed by atoms with Gasteiger partial charge in [-0.05, 0) is 48.7 Å². The van der Waals surface area contributed by atoms with Gasteiger partial charge < -0.3 is 4.57 Å². The number of carbonyl (C=O) groups excluding carboxylic acids is 2. The Morgan fingerprint density at radius 3 is 1.53 bits per heavy atom. The zero-order chi connectivity index (χ0) is 22.3. The maximum atomic E-state index is 14.4. The fourth-order valence-corrected chi connectivity index (χ4v) is 6.77. The number of allylic oxidation sites excluding steroid dienone is 8. The van der Waals surface area contributed by atoms with Crippen LogP contribution in [0.4, 0.5) is 0 Å². The van der Waals surface area contributed by atoms with E-state index in [1.54, 1.807) is 30.3 Å². The molecule has 158 valence electrons. The number of carbonyl (C=O) groups is 2. The molecule has 2 aliphatic carbocycles. The lowest BCUT2D eigenvalue weighted by Gasteiger charge is -2.29. The first-order chi connectivity index (χ1) is 13.9. The van der Waals surface area contributed by atoms with E-state index in [-0.39, 0.29) is 10.8 Å². The van der Waals surface area contributed by atoms with E-state index in [1.165, 1.54) is 0 Å². The van der Waals surface area contributed by atoms with Crippen LogP contribution in [-0.2, 0) is 14.2 Å². The SMILES string of the molecule is CC1=CC(C)(C)CC=C1C(=O)P(=O)(C(=O)C1=CCC(C)(C)C=C1C)c1ccccc1. The van der Waals surface area contributed by atoms with Gasteiger partial charge in [-0.15, -0.1) is 0 Å². The van der Waals surface area contributed by atoms with Crippen LogP contribution < -0.4 is 5.30 Å². The minimum absolute atomic E-state index is 0.0641. The summed E-state index contributed by atoms with van der Waals surface area (Å²) >= 11 is 0. The van der Waals surface area contributed by atoms with Crippen molar-refractivity contribution in [2.75, 3.05) is 0 Å². The highest BCUT2D eigenvalue weighted by atomic mass is 31.2. The van der Waals surface area contributed by atoms with Crippen LogP contribution in [0.2, 0.25) is 0 Å². The summed E-state index contributed by atoms with van der Waals surface area (Å²) in [7, 11) is -4.05. The van der Waals surface area contributed by atoms with Crippen molar-refractivity contribution in [1.29, 1.82) is 0 Å². The highest BCUT2D eigenvalue weighted by molar-refractivity contribution is 8.01. The quantitative estimate of drug-likeness (QED) is 0.521. The number of hydrogen-bond acceptors (Lipinski definition) is 3. The van der Waals surface area contributed by atoms with Crippen molar-refractivity contribution in [3.8, 4) is 0 Å². The van der Waals surface area contributed by atoms with Gasteiger partial charge in [0.25, 0.3) is 0 Å². The molecule has 0 heterocycles. The second-order valence-corrected chi connectivity index (χ2v) is 12.4. The van der Waals surface area contributed by atoms with Crippen molar-refractivity contribution in [1.82, 2.24) is 0 Å². The Kier molecular flexibility index (Phi) is 5.82. The average Bonchev–Trinajstić information content (AvgIpc) is 2.65. The van der Waals surface area contributed by atoms with Gasteiger partial charge in [-0.1, -0.05) is 82.3 Å². The van der Waals surface area contributed by atoms with E-state index in [2.05, 4.69) is 27.7 Å². The van der Waals surface area contributed by atoms with Gasteiger partial charge in [-0.25, -0.2) is 0 Å². The fourth-order valence-electron chi connectivity index (χ4n) is 4.31. The first-order valence-corrected chi connectivity index (χ1v) is 12.1. The van der Waals surface area contributed by atoms with Crippen LogP contribution in [0.25, 0.3) is 0 Å². The van der Waals surface area contributed by atoms with Gasteiger partial charge in [0.1, 0.15) is 0 Å². The molecule has 0 saturated heterocycles. The first-order valence-electron chi connectivity index (χ1n) is 10.4. The predicted octanol–water partition coefficient (Wildman–Crippen LogP) is 6.33. The topological polar surface area (TPSA) is 51.2 Å². The lowest BCUT2D eigenvalue weighted by atomic mass is 9.81. The summed E-state index contributed by atoms with van der Waals surface area (Å²) in [6.45, 7) is 12.1. The van der Waals surface area contributed by atoms with Crippen molar-refractivity contribution in [2.45, 2.75) is 54.4 Å². The Bertz CT molecular complexity index is 999. The molecule has 1 aromatic rings. The molecule has 0 N–H and O–H groups in total. The van der Waals surface area contributed by atoms with Crippen molar-refractivity contribution in [2.24, 2.45) is 10.8 Å². The van der Waals surface area contributed by atoms with Gasteiger partial charge in [-0.2, -0.15) is 0 Å². The molecule has 0 aliphatic heterocycles. The van der Waals surface area contributed by atoms with Crippen LogP contribution in [0, 0.1) is 10.8 Å². The Morgan fingerprint density at radius 1 is 0.767 bits per heavy atom. The van der Waals surface area contributed by atoms with Gasteiger partial charge in [-0.3, -0.25) is 9.59 Å². The molecule has 30 heavy (non-hydrogen) atoms. The van der Waals surface area contributed by atoms with E-state index in [0.29, 0.717) is 29.3 Å². The smallest absolute Gasteiger partial charge is 0.248 e. The lowest BCUT2D eigenvalue weighted by molar-refractivity contribution is -0.111. The average molecular weight is 423 g/mol. The molecule has 0 amide bonds. The molecule has 0 atom stereocenters. The maximum Gasteiger partial charge on any atom is 0.248 e. The van der Waals surface area contributed by atoms with E-state index >= 15 is 0 Å². The summed E-state index contributed by atoms with van der Waals surface area (Å²) < 4.78 is 14.4. The third-order valence-electron chi connectivity index (χ3n) is 5.88. The Balaban J connectivity index is 2.12. The molecular formula is C26H31O3P. The minimum Gasteiger partial charge on any atom is -0.302 e. The summed E-state index contributed by atoms with van der Waals surface area (Å²) in [5, 5.41) is 0.303. The third kappa shape index (κ3) is 4.14. The standard InChI is InChI=1S/C26H31O3P/c1-18-16-25(3,4)14-12-21(18)23(27)30(29,20-10-8-7-9-11-20)24(28)22-13-15-26(5,6)17-19(22)2/h7-13,16-17H,14-15H2,1-6H3. The van der Waals surface area contributed by atoms with E-state index in [9.17, 15) is 14.2 Å². The van der Waals surface area contributed by atoms with Crippen LogP contribution in [-0.4, -0.2) is 11.0 Å². The highest BCUT2D eigenvalue weighted by Crippen LogP contribution is 2.54. The first kappa shape index (κ1) is 22.4. The van der Waals surface area contributed by atoms with Gasteiger partial charge in [0.05, 0.1) is 0 Å². The van der Waals surface area contributed by atoms with E-state index in [0.717, 1.165) is 11.1 Å². The maximum absolute atomic E-state index is 14.4. The van der Waals surface area contributed by atoms with Gasteiger partial charge in [0.2, 0.25) is 18.2 Å². The molecule has 0 spiro atoms. The summed E-state index contributed by atoms with van der Waals surface area (Å²) in [6, 6.07) is 8.52. The lowest BCUT2D eigenvalue weighted by Crippen LogP contribution is -2.26. The van der Waals surface area contributed by atoms with Crippen LogP contribution in [0.1, 0.15) is 54.4 Å². The molecule has 0 aromatic heterocycles. The summed E-state index contributed by atoms with van der Waals surface area (Å²) in [5.74, 6) is 0. The number of benzene rings is 1. The third-order valence-corrected chi connectivity index (χ3v) is 8.53. The predicted molar refractivity (Wildman–Crippen MR) is 124 cm³/mol. The zero-order valence-electron chi connectivity index (χ0n) is 18.8. The second kappa shape index (κ2) is 7.78. The van der Waals surface area contributed by atoms with Crippen molar-refractivity contribution in [3.05, 3.63) is 76.9 Å². The van der Waals surface area contributed by atoms with Crippen molar-refractivity contribution < 1.29 is 14.2 Å². The molecule has 2 aliphatic rings. The summed E-state index contributed by atoms with van der Waals surface area (Å²) in [6.07, 6.45) is 9.11. The molecule has 0 radical (unpaired) electrons. The molecule has 1 aromatic carbocycles. The Hall–Kier alpha value is -2.25. The molecule has 3 nitrogen and oxygen atoms in total. The number of hydrogen-bond donors (Lipinski definition) is 0. The van der Waals surface area contributed by atoms with E-state index in [4.69, 9.17) is 0 Å². The van der Waals surface area contributed by atoms with E-state index < -0.39 is 18.2 Å². The van der Waals surface area contributed by atoms with Crippen molar-refractivity contribution in [3.63, 3.8) is 0 Å². The van der Waals surface area contributed by atoms with Gasteiger partial charge in [0, 0.05) is 16.5 Å². The molecular weight excluding hydrogens is 391 g/mol. The largest absolute Gasteiger partial charge is 0.302 e. The van der Waals surface area contributed by atoms with Crippen molar-refractivity contribution >= 4 is 23.5 Å². The van der Waals surface area contributed by atoms with E-state index in [1.807, 2.05) is 38.2 Å². The van der Waals surface area contributed by atoms with Crippen LogP contribution in [0.3, 0.4) is 0 Å². The zero-order valence-corrected chi connectivity index (χ0v) is 19.7. The molecule has 4 heteroatoms. The fraction of sp³-hybridized carbons (Fsp3) is 0.385. The second-order valence-electron chi connectivity index (χ2n) is 9.83. The Morgan fingerprint density at radius 2 is 1.17 bits per heavy atom.